The third-order valence-electron chi connectivity index (χ3n) is 5.80. The summed E-state index contributed by atoms with van der Waals surface area (Å²) in [6.07, 6.45) is 5.32. The Bertz CT molecular complexity index is 984. The first-order valence-corrected chi connectivity index (χ1v) is 11.2. The monoisotopic (exact) mass is 446 g/mol. The molecule has 1 saturated carbocycles. The molecule has 2 heterocycles. The number of hydrogen-bond donors (Lipinski definition) is 2. The minimum Gasteiger partial charge on any atom is -0.323 e. The van der Waals surface area contributed by atoms with Gasteiger partial charge in [-0.3, -0.25) is 14.5 Å². The summed E-state index contributed by atoms with van der Waals surface area (Å²) >= 11 is 7.54. The summed E-state index contributed by atoms with van der Waals surface area (Å²) in [4.78, 5) is 43.9. The molecule has 7 nitrogen and oxygen atoms in total. The molecular formula is C21H23ClN4O3S. The van der Waals surface area contributed by atoms with Crippen LogP contribution in [0.2, 0.25) is 5.02 Å². The maximum atomic E-state index is 12.9. The number of anilines is 1. The number of benzene rings is 1. The zero-order chi connectivity index (χ0) is 21.3. The van der Waals surface area contributed by atoms with Gasteiger partial charge in [-0.25, -0.2) is 9.78 Å². The number of nitrogens with one attached hydrogen (secondary N) is 2. The Morgan fingerprint density at radius 2 is 2.07 bits per heavy atom. The Morgan fingerprint density at radius 1 is 1.33 bits per heavy atom. The van der Waals surface area contributed by atoms with Gasteiger partial charge in [0, 0.05) is 22.5 Å². The number of imide groups is 1. The van der Waals surface area contributed by atoms with Gasteiger partial charge >= 0.3 is 6.03 Å². The van der Waals surface area contributed by atoms with E-state index in [-0.39, 0.29) is 12.5 Å². The minimum atomic E-state index is -0.840. The van der Waals surface area contributed by atoms with Crippen LogP contribution in [0.3, 0.4) is 0 Å². The van der Waals surface area contributed by atoms with Gasteiger partial charge in [0.1, 0.15) is 12.1 Å². The molecule has 30 heavy (non-hydrogen) atoms. The molecule has 0 atom stereocenters. The van der Waals surface area contributed by atoms with E-state index in [1.807, 2.05) is 24.3 Å². The highest BCUT2D eigenvalue weighted by molar-refractivity contribution is 7.15. The molecule has 2 fully saturated rings. The Hall–Kier alpha value is -2.45. The zero-order valence-electron chi connectivity index (χ0n) is 16.6. The van der Waals surface area contributed by atoms with Crippen molar-refractivity contribution in [2.75, 3.05) is 11.9 Å². The number of hydrogen-bond acceptors (Lipinski definition) is 5. The number of amides is 4. The second-order valence-corrected chi connectivity index (χ2v) is 9.56. The van der Waals surface area contributed by atoms with E-state index >= 15 is 0 Å². The molecule has 1 spiro atoms. The predicted molar refractivity (Wildman–Crippen MR) is 116 cm³/mol. The molecule has 1 aliphatic heterocycles. The molecular weight excluding hydrogens is 424 g/mol. The van der Waals surface area contributed by atoms with Gasteiger partial charge in [-0.2, -0.15) is 0 Å². The van der Waals surface area contributed by atoms with E-state index < -0.39 is 17.5 Å². The van der Waals surface area contributed by atoms with Gasteiger partial charge < -0.3 is 10.6 Å². The van der Waals surface area contributed by atoms with Crippen molar-refractivity contribution in [1.82, 2.24) is 15.2 Å². The van der Waals surface area contributed by atoms with Crippen LogP contribution in [-0.4, -0.2) is 39.8 Å². The second kappa shape index (κ2) is 8.35. The van der Waals surface area contributed by atoms with Crippen molar-refractivity contribution in [3.05, 3.63) is 45.9 Å². The number of carbonyl (C=O) groups is 3. The van der Waals surface area contributed by atoms with Crippen LogP contribution in [0.25, 0.3) is 0 Å². The maximum Gasteiger partial charge on any atom is 0.325 e. The molecule has 4 rings (SSSR count). The van der Waals surface area contributed by atoms with Crippen LogP contribution in [0.5, 0.6) is 0 Å². The number of rotatable bonds is 5. The number of carbonyl (C=O) groups excluding carboxylic acids is 3. The van der Waals surface area contributed by atoms with Crippen LogP contribution in [0.15, 0.2) is 30.5 Å². The topological polar surface area (TPSA) is 91.4 Å². The molecule has 1 aliphatic carbocycles. The van der Waals surface area contributed by atoms with Crippen LogP contribution in [0.4, 0.5) is 9.93 Å². The van der Waals surface area contributed by atoms with Gasteiger partial charge in [-0.05, 0) is 43.2 Å². The molecule has 2 aromatic rings. The summed E-state index contributed by atoms with van der Waals surface area (Å²) in [5.74, 6) is -0.200. The molecule has 9 heteroatoms. The Kier molecular flexibility index (Phi) is 5.79. The second-order valence-electron chi connectivity index (χ2n) is 8.03. The summed E-state index contributed by atoms with van der Waals surface area (Å²) in [6, 6.07) is 7.07. The van der Waals surface area contributed by atoms with Crippen molar-refractivity contribution < 1.29 is 14.4 Å². The van der Waals surface area contributed by atoms with Crippen LogP contribution < -0.4 is 10.6 Å². The summed E-state index contributed by atoms with van der Waals surface area (Å²) < 4.78 is 0. The first-order chi connectivity index (χ1) is 14.4. The summed E-state index contributed by atoms with van der Waals surface area (Å²) in [6.45, 7) is 1.83. The molecule has 2 N–H and O–H groups in total. The minimum absolute atomic E-state index is 0.298. The van der Waals surface area contributed by atoms with Gasteiger partial charge in [-0.1, -0.05) is 36.7 Å². The molecule has 4 amide bonds. The molecule has 1 saturated heterocycles. The van der Waals surface area contributed by atoms with Crippen LogP contribution in [0, 0.1) is 5.92 Å². The van der Waals surface area contributed by atoms with Gasteiger partial charge in [-0.15, -0.1) is 11.3 Å². The number of halogens is 1. The average Bonchev–Trinajstić information content (AvgIpc) is 3.24. The molecule has 1 aromatic heterocycles. The first-order valence-electron chi connectivity index (χ1n) is 9.98. The largest absolute Gasteiger partial charge is 0.325 e. The van der Waals surface area contributed by atoms with Crippen LogP contribution in [-0.2, 0) is 16.0 Å². The average molecular weight is 447 g/mol. The van der Waals surface area contributed by atoms with E-state index in [0.29, 0.717) is 35.3 Å². The fraction of sp³-hybridized carbons (Fsp3) is 0.429. The first kappa shape index (κ1) is 20.8. The van der Waals surface area contributed by atoms with Crippen LogP contribution >= 0.6 is 22.9 Å². The van der Waals surface area contributed by atoms with Crippen molar-refractivity contribution in [1.29, 1.82) is 0 Å². The van der Waals surface area contributed by atoms with E-state index in [4.69, 9.17) is 11.6 Å². The molecule has 0 unspecified atom stereocenters. The Balaban J connectivity index is 1.36. The van der Waals surface area contributed by atoms with Gasteiger partial charge in [0.05, 0.1) is 0 Å². The number of aromatic nitrogens is 1. The lowest BCUT2D eigenvalue weighted by Crippen LogP contribution is -2.49. The van der Waals surface area contributed by atoms with Crippen molar-refractivity contribution in [2.24, 2.45) is 5.92 Å². The van der Waals surface area contributed by atoms with Crippen molar-refractivity contribution in [3.8, 4) is 0 Å². The molecule has 0 bridgehead atoms. The number of nitrogens with zero attached hydrogens (tertiary/aromatic N) is 2. The summed E-state index contributed by atoms with van der Waals surface area (Å²) in [5.41, 5.74) is 0.139. The van der Waals surface area contributed by atoms with Crippen LogP contribution in [0.1, 0.15) is 43.0 Å². The SMILES string of the molecule is CC1CCC2(CC1)NC(=O)N(CC(=O)Nc1ncc(Cc3ccccc3Cl)s1)C2=O. The Morgan fingerprint density at radius 3 is 2.80 bits per heavy atom. The molecule has 1 aromatic carbocycles. The highest BCUT2D eigenvalue weighted by atomic mass is 35.5. The molecule has 2 aliphatic rings. The third kappa shape index (κ3) is 4.20. The van der Waals surface area contributed by atoms with Crippen molar-refractivity contribution in [2.45, 2.75) is 44.6 Å². The van der Waals surface area contributed by atoms with E-state index in [2.05, 4.69) is 22.5 Å². The lowest BCUT2D eigenvalue weighted by atomic mass is 9.77. The summed E-state index contributed by atoms with van der Waals surface area (Å²) in [7, 11) is 0. The lowest BCUT2D eigenvalue weighted by Gasteiger charge is -2.33. The van der Waals surface area contributed by atoms with Crippen molar-refractivity contribution in [3.63, 3.8) is 0 Å². The zero-order valence-corrected chi connectivity index (χ0v) is 18.2. The fourth-order valence-corrected chi connectivity index (χ4v) is 5.05. The van der Waals surface area contributed by atoms with E-state index in [0.717, 1.165) is 28.2 Å². The fourth-order valence-electron chi connectivity index (χ4n) is 3.99. The maximum absolute atomic E-state index is 12.9. The van der Waals surface area contributed by atoms with E-state index in [1.54, 1.807) is 6.20 Å². The predicted octanol–water partition coefficient (Wildman–Crippen LogP) is 3.83. The standard InChI is InChI=1S/C21H23ClN4O3S/c1-13-6-8-21(9-7-13)18(28)26(20(29)25-21)12-17(27)24-19-23-11-15(30-19)10-14-4-2-3-5-16(14)22/h2-5,11,13H,6-10,12H2,1H3,(H,25,29)(H,23,24,27). The number of thiazole rings is 1. The van der Waals surface area contributed by atoms with E-state index in [1.165, 1.54) is 11.3 Å². The Labute approximate surface area is 183 Å². The molecule has 158 valence electrons. The highest BCUT2D eigenvalue weighted by Gasteiger charge is 2.52. The molecule has 0 radical (unpaired) electrons. The normalized spacial score (nSPS) is 23.7. The quantitative estimate of drug-likeness (QED) is 0.683. The lowest BCUT2D eigenvalue weighted by molar-refractivity contribution is -0.135. The highest BCUT2D eigenvalue weighted by Crippen LogP contribution is 2.36. The van der Waals surface area contributed by atoms with Gasteiger partial charge in [0.2, 0.25) is 5.91 Å². The summed E-state index contributed by atoms with van der Waals surface area (Å²) in [5, 5.41) is 6.63. The smallest absolute Gasteiger partial charge is 0.323 e. The van der Waals surface area contributed by atoms with Crippen molar-refractivity contribution >= 4 is 45.9 Å². The van der Waals surface area contributed by atoms with Gasteiger partial charge in [0.25, 0.3) is 5.91 Å². The number of urea groups is 1. The van der Waals surface area contributed by atoms with Gasteiger partial charge in [0.15, 0.2) is 5.13 Å². The van der Waals surface area contributed by atoms with E-state index in [9.17, 15) is 14.4 Å². The third-order valence-corrected chi connectivity index (χ3v) is 7.08.